The first kappa shape index (κ1) is 27.5. The van der Waals surface area contributed by atoms with Crippen molar-refractivity contribution in [2.45, 2.75) is 0 Å². The van der Waals surface area contributed by atoms with E-state index >= 15 is 0 Å². The van der Waals surface area contributed by atoms with Crippen LogP contribution in [0.3, 0.4) is 0 Å². The van der Waals surface area contributed by atoms with Crippen molar-refractivity contribution in [3.63, 3.8) is 0 Å². The predicted octanol–water partition coefficient (Wildman–Crippen LogP) is 12.5. The fourth-order valence-corrected chi connectivity index (χ4v) is 7.34. The highest BCUT2D eigenvalue weighted by Gasteiger charge is 2.18. The summed E-state index contributed by atoms with van der Waals surface area (Å²) in [6.45, 7) is 0. The summed E-state index contributed by atoms with van der Waals surface area (Å²) in [5, 5.41) is 6.85. The van der Waals surface area contributed by atoms with Crippen molar-refractivity contribution in [1.82, 2.24) is 9.97 Å². The smallest absolute Gasteiger partial charge is 0.143 e. The molecule has 49 heavy (non-hydrogen) atoms. The summed E-state index contributed by atoms with van der Waals surface area (Å²) < 4.78 is 6.77. The lowest BCUT2D eigenvalue weighted by atomic mass is 9.94. The summed E-state index contributed by atoms with van der Waals surface area (Å²) in [5.41, 5.74) is 12.2. The van der Waals surface area contributed by atoms with Crippen molar-refractivity contribution in [3.05, 3.63) is 170 Å². The second kappa shape index (κ2) is 11.0. The van der Waals surface area contributed by atoms with E-state index in [2.05, 4.69) is 158 Å². The third kappa shape index (κ3) is 4.44. The Labute approximate surface area is 282 Å². The van der Waals surface area contributed by atoms with E-state index in [0.29, 0.717) is 0 Å². The molecule has 228 valence electrons. The Kier molecular flexibility index (Phi) is 6.18. The summed E-state index contributed by atoms with van der Waals surface area (Å²) in [5.74, 6) is 0. The average Bonchev–Trinajstić information content (AvgIpc) is 3.57. The molecular weight excluding hydrogens is 597 g/mol. The van der Waals surface area contributed by atoms with Gasteiger partial charge < -0.3 is 4.42 Å². The van der Waals surface area contributed by atoms with Crippen LogP contribution in [-0.4, -0.2) is 9.97 Å². The van der Waals surface area contributed by atoms with Gasteiger partial charge in [-0.15, -0.1) is 0 Å². The van der Waals surface area contributed by atoms with Crippen LogP contribution in [0.5, 0.6) is 0 Å². The van der Waals surface area contributed by atoms with Gasteiger partial charge in [0.05, 0.1) is 22.9 Å². The quantitative estimate of drug-likeness (QED) is 0.183. The first-order valence-corrected chi connectivity index (χ1v) is 16.6. The van der Waals surface area contributed by atoms with Crippen LogP contribution in [0.4, 0.5) is 0 Å². The molecule has 3 heteroatoms. The third-order valence-electron chi connectivity index (χ3n) is 9.71. The van der Waals surface area contributed by atoms with E-state index in [1.807, 2.05) is 12.3 Å². The van der Waals surface area contributed by atoms with E-state index in [1.54, 1.807) is 0 Å². The molecule has 0 aliphatic heterocycles. The highest BCUT2D eigenvalue weighted by Crippen LogP contribution is 2.42. The molecule has 0 fully saturated rings. The van der Waals surface area contributed by atoms with Crippen LogP contribution in [0.2, 0.25) is 0 Å². The van der Waals surface area contributed by atoms with E-state index in [-0.39, 0.29) is 0 Å². The van der Waals surface area contributed by atoms with Crippen LogP contribution < -0.4 is 0 Å². The van der Waals surface area contributed by atoms with Crippen molar-refractivity contribution in [3.8, 4) is 44.6 Å². The predicted molar refractivity (Wildman–Crippen MR) is 204 cm³/mol. The minimum absolute atomic E-state index is 0.856. The highest BCUT2D eigenvalue weighted by molar-refractivity contribution is 6.23. The number of para-hydroxylation sites is 1. The van der Waals surface area contributed by atoms with E-state index in [9.17, 15) is 0 Å². The molecule has 0 amide bonds. The topological polar surface area (TPSA) is 38.9 Å². The summed E-state index contributed by atoms with van der Waals surface area (Å²) >= 11 is 0. The number of aromatic nitrogens is 2. The number of hydrogen-bond donors (Lipinski definition) is 0. The molecule has 10 aromatic rings. The zero-order chi connectivity index (χ0) is 32.3. The van der Waals surface area contributed by atoms with E-state index in [0.717, 1.165) is 88.4 Å². The molecule has 0 spiro atoms. The van der Waals surface area contributed by atoms with Gasteiger partial charge in [-0.3, -0.25) is 4.98 Å². The second-order valence-corrected chi connectivity index (χ2v) is 12.5. The minimum atomic E-state index is 0.856. The van der Waals surface area contributed by atoms with Crippen molar-refractivity contribution in [2.75, 3.05) is 0 Å². The van der Waals surface area contributed by atoms with Crippen LogP contribution in [-0.2, 0) is 0 Å². The van der Waals surface area contributed by atoms with Gasteiger partial charge in [0.15, 0.2) is 0 Å². The van der Waals surface area contributed by atoms with Crippen molar-refractivity contribution < 1.29 is 4.42 Å². The average molecular weight is 625 g/mol. The van der Waals surface area contributed by atoms with Gasteiger partial charge in [-0.25, -0.2) is 4.98 Å². The molecule has 2 heterocycles. The van der Waals surface area contributed by atoms with Gasteiger partial charge >= 0.3 is 0 Å². The van der Waals surface area contributed by atoms with Gasteiger partial charge in [0, 0.05) is 38.2 Å². The standard InChI is InChI=1S/C46H28N2O/c1-3-12-30(13-4-1)34-20-11-21-39-41-27-33(26-40(46(41)49-45(34)39)31-14-5-2-6-15-31)29-22-24-32(25-23-29)42-28-47-43-37-18-9-7-16-35(37)36-17-8-10-19-38(36)44(43)48-42/h1-28H. The summed E-state index contributed by atoms with van der Waals surface area (Å²) in [7, 11) is 0. The monoisotopic (exact) mass is 624 g/mol. The number of benzene rings is 8. The number of rotatable bonds is 4. The van der Waals surface area contributed by atoms with Gasteiger partial charge in [0.2, 0.25) is 0 Å². The van der Waals surface area contributed by atoms with E-state index < -0.39 is 0 Å². The normalized spacial score (nSPS) is 11.7. The zero-order valence-corrected chi connectivity index (χ0v) is 26.5. The fourth-order valence-electron chi connectivity index (χ4n) is 7.34. The molecule has 0 atom stereocenters. The first-order valence-electron chi connectivity index (χ1n) is 16.6. The zero-order valence-electron chi connectivity index (χ0n) is 26.5. The molecule has 0 radical (unpaired) electrons. The molecule has 0 saturated carbocycles. The Balaban J connectivity index is 1.12. The van der Waals surface area contributed by atoms with Gasteiger partial charge in [0.1, 0.15) is 11.2 Å². The molecule has 10 rings (SSSR count). The van der Waals surface area contributed by atoms with Crippen LogP contribution in [0, 0.1) is 0 Å². The second-order valence-electron chi connectivity index (χ2n) is 12.5. The largest absolute Gasteiger partial charge is 0.455 e. The molecule has 3 nitrogen and oxygen atoms in total. The van der Waals surface area contributed by atoms with E-state index in [4.69, 9.17) is 14.4 Å². The lowest BCUT2D eigenvalue weighted by Gasteiger charge is -2.11. The van der Waals surface area contributed by atoms with Crippen molar-refractivity contribution >= 4 is 54.5 Å². The number of fused-ring (bicyclic) bond motifs is 9. The van der Waals surface area contributed by atoms with Gasteiger partial charge in [-0.05, 0) is 45.2 Å². The summed E-state index contributed by atoms with van der Waals surface area (Å²) in [4.78, 5) is 10.2. The van der Waals surface area contributed by atoms with Crippen molar-refractivity contribution in [1.29, 1.82) is 0 Å². The molecule has 2 aromatic heterocycles. The van der Waals surface area contributed by atoms with Gasteiger partial charge in [-0.2, -0.15) is 0 Å². The van der Waals surface area contributed by atoms with Crippen molar-refractivity contribution in [2.24, 2.45) is 0 Å². The van der Waals surface area contributed by atoms with Gasteiger partial charge in [0.25, 0.3) is 0 Å². The molecule has 0 bridgehead atoms. The SMILES string of the molecule is c1ccc(-c2cccc3c2oc2c(-c4ccccc4)cc(-c4ccc(-c5cnc6c7ccccc7c7ccccc7c6n5)cc4)cc23)cc1. The van der Waals surface area contributed by atoms with Crippen LogP contribution in [0.15, 0.2) is 174 Å². The Morgan fingerprint density at radius 3 is 1.59 bits per heavy atom. The van der Waals surface area contributed by atoms with E-state index in [1.165, 1.54) is 10.8 Å². The Morgan fingerprint density at radius 2 is 0.898 bits per heavy atom. The summed E-state index contributed by atoms with van der Waals surface area (Å²) in [6, 6.07) is 57.6. The molecular formula is C46H28N2O. The molecule has 0 aliphatic rings. The van der Waals surface area contributed by atoms with Gasteiger partial charge in [-0.1, -0.05) is 152 Å². The Morgan fingerprint density at radius 1 is 0.347 bits per heavy atom. The highest BCUT2D eigenvalue weighted by atomic mass is 16.3. The molecule has 0 saturated heterocycles. The molecule has 0 N–H and O–H groups in total. The molecule has 0 aliphatic carbocycles. The maximum absolute atomic E-state index is 6.77. The first-order chi connectivity index (χ1) is 24.3. The third-order valence-corrected chi connectivity index (χ3v) is 9.71. The molecule has 0 unspecified atom stereocenters. The maximum atomic E-state index is 6.77. The fraction of sp³-hybridized carbons (Fsp3) is 0. The Bertz CT molecular complexity index is 2820. The summed E-state index contributed by atoms with van der Waals surface area (Å²) in [6.07, 6.45) is 1.90. The Hall–Kier alpha value is -6.58. The minimum Gasteiger partial charge on any atom is -0.455 e. The maximum Gasteiger partial charge on any atom is 0.143 e. The van der Waals surface area contributed by atoms with Crippen LogP contribution >= 0.6 is 0 Å². The molecule has 8 aromatic carbocycles. The lowest BCUT2D eigenvalue weighted by molar-refractivity contribution is 0.671. The van der Waals surface area contributed by atoms with Crippen LogP contribution in [0.1, 0.15) is 0 Å². The number of nitrogens with zero attached hydrogens (tertiary/aromatic N) is 2. The number of hydrogen-bond acceptors (Lipinski definition) is 3. The number of furan rings is 1. The van der Waals surface area contributed by atoms with Crippen LogP contribution in [0.25, 0.3) is 99.2 Å². The lowest BCUT2D eigenvalue weighted by Crippen LogP contribution is -1.92.